The van der Waals surface area contributed by atoms with Crippen LogP contribution in [0.15, 0.2) is 29.1 Å². The average molecular weight is 344 g/mol. The van der Waals surface area contributed by atoms with Gasteiger partial charge in [-0.1, -0.05) is 0 Å². The molecule has 2 amide bonds. The van der Waals surface area contributed by atoms with Crippen molar-refractivity contribution in [3.63, 3.8) is 0 Å². The van der Waals surface area contributed by atoms with E-state index in [9.17, 15) is 9.59 Å². The number of hydrogen-bond acceptors (Lipinski definition) is 4. The van der Waals surface area contributed by atoms with Crippen LogP contribution < -0.4 is 0 Å². The predicted molar refractivity (Wildman–Crippen MR) is 92.1 cm³/mol. The maximum absolute atomic E-state index is 12.5. The molecule has 3 heterocycles. The van der Waals surface area contributed by atoms with Crippen LogP contribution >= 0.6 is 0 Å². The van der Waals surface area contributed by atoms with Crippen LogP contribution in [-0.2, 0) is 11.2 Å². The number of carbonyl (C=O) groups excluding carboxylic acids is 2. The minimum atomic E-state index is -0.0863. The molecule has 0 atom stereocenters. The van der Waals surface area contributed by atoms with E-state index in [1.165, 1.54) is 6.26 Å². The van der Waals surface area contributed by atoms with Gasteiger partial charge in [0.15, 0.2) is 5.76 Å². The molecule has 2 aromatic heterocycles. The lowest BCUT2D eigenvalue weighted by atomic mass is 10.1. The first-order chi connectivity index (χ1) is 12.1. The minimum Gasteiger partial charge on any atom is -0.459 e. The van der Waals surface area contributed by atoms with Gasteiger partial charge in [-0.2, -0.15) is 5.10 Å². The predicted octanol–water partition coefficient (Wildman–Crippen LogP) is 2.01. The van der Waals surface area contributed by atoms with Crippen molar-refractivity contribution in [3.8, 4) is 0 Å². The summed E-state index contributed by atoms with van der Waals surface area (Å²) in [4.78, 5) is 28.6. The second-order valence-corrected chi connectivity index (χ2v) is 6.42. The van der Waals surface area contributed by atoms with E-state index in [-0.39, 0.29) is 11.8 Å². The quantitative estimate of drug-likeness (QED) is 0.899. The summed E-state index contributed by atoms with van der Waals surface area (Å²) in [5, 5.41) is 6.69. The number of H-pyrrole nitrogens is 1. The molecule has 1 aliphatic heterocycles. The Balaban J connectivity index is 1.48. The molecule has 0 saturated carbocycles. The van der Waals surface area contributed by atoms with Crippen molar-refractivity contribution in [2.45, 2.75) is 32.6 Å². The van der Waals surface area contributed by atoms with E-state index in [4.69, 9.17) is 4.42 Å². The molecule has 0 unspecified atom stereocenters. The van der Waals surface area contributed by atoms with E-state index in [0.717, 1.165) is 30.4 Å². The van der Waals surface area contributed by atoms with Gasteiger partial charge < -0.3 is 14.2 Å². The van der Waals surface area contributed by atoms with E-state index in [2.05, 4.69) is 10.2 Å². The van der Waals surface area contributed by atoms with Crippen LogP contribution in [0.5, 0.6) is 0 Å². The summed E-state index contributed by atoms with van der Waals surface area (Å²) in [6.45, 7) is 4.34. The summed E-state index contributed by atoms with van der Waals surface area (Å²) in [5.74, 6) is 0.476. The van der Waals surface area contributed by atoms with Crippen molar-refractivity contribution in [1.82, 2.24) is 20.0 Å². The third-order valence-corrected chi connectivity index (χ3v) is 4.60. The molecule has 0 aromatic carbocycles. The lowest BCUT2D eigenvalue weighted by Gasteiger charge is -2.22. The molecule has 25 heavy (non-hydrogen) atoms. The fourth-order valence-corrected chi connectivity index (χ4v) is 3.12. The maximum Gasteiger partial charge on any atom is 0.289 e. The molecule has 1 N–H and O–H groups in total. The monoisotopic (exact) mass is 344 g/mol. The van der Waals surface area contributed by atoms with Crippen LogP contribution in [0.3, 0.4) is 0 Å². The van der Waals surface area contributed by atoms with E-state index in [1.807, 2.05) is 18.0 Å². The van der Waals surface area contributed by atoms with E-state index < -0.39 is 0 Å². The van der Waals surface area contributed by atoms with Crippen molar-refractivity contribution < 1.29 is 14.0 Å². The molecule has 1 fully saturated rings. The summed E-state index contributed by atoms with van der Waals surface area (Å²) in [6, 6.07) is 1.79. The van der Waals surface area contributed by atoms with Gasteiger partial charge in [0.2, 0.25) is 5.91 Å². The maximum atomic E-state index is 12.5. The first-order valence-corrected chi connectivity index (χ1v) is 8.74. The normalized spacial score (nSPS) is 15.2. The molecular formula is C18H24N4O3. The zero-order valence-electron chi connectivity index (χ0n) is 14.5. The molecular weight excluding hydrogens is 320 g/mol. The van der Waals surface area contributed by atoms with Gasteiger partial charge in [0.05, 0.1) is 12.5 Å². The summed E-state index contributed by atoms with van der Waals surface area (Å²) in [5.41, 5.74) is 1.97. The molecule has 1 saturated heterocycles. The fraction of sp³-hybridized carbons (Fsp3) is 0.500. The largest absolute Gasteiger partial charge is 0.459 e. The molecule has 3 rings (SSSR count). The molecule has 0 spiro atoms. The number of nitrogens with zero attached hydrogens (tertiary/aromatic N) is 3. The van der Waals surface area contributed by atoms with E-state index >= 15 is 0 Å². The highest BCUT2D eigenvalue weighted by Gasteiger charge is 2.25. The Morgan fingerprint density at radius 2 is 2.04 bits per heavy atom. The molecule has 2 aromatic rings. The Hall–Kier alpha value is -2.57. The number of hydrogen-bond donors (Lipinski definition) is 1. The number of aryl methyl sites for hydroxylation is 2. The number of aromatic amines is 1. The number of amides is 2. The van der Waals surface area contributed by atoms with Gasteiger partial charge in [0, 0.05) is 44.4 Å². The zero-order valence-corrected chi connectivity index (χ0v) is 14.5. The molecule has 1 aliphatic rings. The van der Waals surface area contributed by atoms with Gasteiger partial charge in [0.1, 0.15) is 0 Å². The highest BCUT2D eigenvalue weighted by Crippen LogP contribution is 2.15. The Morgan fingerprint density at radius 3 is 2.76 bits per heavy atom. The number of rotatable bonds is 5. The average Bonchev–Trinajstić information content (AvgIpc) is 3.20. The third kappa shape index (κ3) is 4.29. The van der Waals surface area contributed by atoms with Gasteiger partial charge in [0.25, 0.3) is 5.91 Å². The first kappa shape index (κ1) is 17.3. The van der Waals surface area contributed by atoms with Gasteiger partial charge in [-0.15, -0.1) is 0 Å². The minimum absolute atomic E-state index is 0.0863. The molecule has 7 heteroatoms. The smallest absolute Gasteiger partial charge is 0.289 e. The number of furan rings is 1. The molecule has 7 nitrogen and oxygen atoms in total. The number of aromatic nitrogens is 2. The van der Waals surface area contributed by atoms with Crippen molar-refractivity contribution >= 4 is 11.8 Å². The first-order valence-electron chi connectivity index (χ1n) is 8.74. The highest BCUT2D eigenvalue weighted by molar-refractivity contribution is 5.92. The Kier molecular flexibility index (Phi) is 5.53. The summed E-state index contributed by atoms with van der Waals surface area (Å²) >= 11 is 0. The zero-order chi connectivity index (χ0) is 17.6. The third-order valence-electron chi connectivity index (χ3n) is 4.60. The van der Waals surface area contributed by atoms with Gasteiger partial charge in [-0.25, -0.2) is 0 Å². The van der Waals surface area contributed by atoms with Crippen molar-refractivity contribution in [2.24, 2.45) is 0 Å². The summed E-state index contributed by atoms with van der Waals surface area (Å²) in [7, 11) is 0. The van der Waals surface area contributed by atoms with E-state index in [1.54, 1.807) is 17.2 Å². The van der Waals surface area contributed by atoms with Crippen molar-refractivity contribution in [2.75, 3.05) is 26.2 Å². The summed E-state index contributed by atoms with van der Waals surface area (Å²) < 4.78 is 5.30. The SMILES string of the molecule is Cc1ccoc1C(=O)N1CCCN(C(=O)CCCc2cn[nH]c2)CC1. The fourth-order valence-electron chi connectivity index (χ4n) is 3.12. The van der Waals surface area contributed by atoms with Crippen LogP contribution in [0, 0.1) is 6.92 Å². The molecule has 134 valence electrons. The Labute approximate surface area is 147 Å². The van der Waals surface area contributed by atoms with Crippen LogP contribution in [0.25, 0.3) is 0 Å². The second-order valence-electron chi connectivity index (χ2n) is 6.42. The lowest BCUT2D eigenvalue weighted by molar-refractivity contribution is -0.131. The van der Waals surface area contributed by atoms with Crippen LogP contribution in [0.2, 0.25) is 0 Å². The molecule has 0 aliphatic carbocycles. The van der Waals surface area contributed by atoms with Crippen LogP contribution in [-0.4, -0.2) is 58.0 Å². The van der Waals surface area contributed by atoms with Gasteiger partial charge in [-0.3, -0.25) is 14.7 Å². The van der Waals surface area contributed by atoms with E-state index in [0.29, 0.717) is 38.4 Å². The highest BCUT2D eigenvalue weighted by atomic mass is 16.3. The second kappa shape index (κ2) is 8.00. The lowest BCUT2D eigenvalue weighted by Crippen LogP contribution is -2.37. The van der Waals surface area contributed by atoms with Crippen molar-refractivity contribution in [1.29, 1.82) is 0 Å². The van der Waals surface area contributed by atoms with Crippen LogP contribution in [0.4, 0.5) is 0 Å². The molecule has 0 bridgehead atoms. The molecule has 0 radical (unpaired) electrons. The van der Waals surface area contributed by atoms with Gasteiger partial charge >= 0.3 is 0 Å². The van der Waals surface area contributed by atoms with Gasteiger partial charge in [-0.05, 0) is 37.8 Å². The number of nitrogens with one attached hydrogen (secondary N) is 1. The summed E-state index contributed by atoms with van der Waals surface area (Å²) in [6.07, 6.45) is 8.15. The Bertz CT molecular complexity index is 708. The Morgan fingerprint density at radius 1 is 1.24 bits per heavy atom. The van der Waals surface area contributed by atoms with Crippen molar-refractivity contribution in [3.05, 3.63) is 41.6 Å². The number of carbonyl (C=O) groups is 2. The van der Waals surface area contributed by atoms with Crippen LogP contribution in [0.1, 0.15) is 40.9 Å². The topological polar surface area (TPSA) is 82.4 Å². The standard InChI is InChI=1S/C18H24N4O3/c1-14-6-11-25-17(14)18(24)22-8-3-7-21(9-10-22)16(23)5-2-4-15-12-19-20-13-15/h6,11-13H,2-5,7-10H2,1H3,(H,19,20).